The number of nitrogens with zero attached hydrogens (tertiary/aromatic N) is 4. The quantitative estimate of drug-likeness (QED) is 0.691. The molecule has 0 saturated carbocycles. The molecule has 0 radical (unpaired) electrons. The minimum atomic E-state index is -0.960. The molecule has 1 atom stereocenters. The molecule has 8 heteroatoms. The fourth-order valence-corrected chi connectivity index (χ4v) is 2.76. The fraction of sp³-hybridized carbons (Fsp3) is 0.263. The predicted octanol–water partition coefficient (Wildman–Crippen LogP) is 2.68. The Kier molecular flexibility index (Phi) is 5.25. The third-order valence-corrected chi connectivity index (χ3v) is 4.57. The highest BCUT2D eigenvalue weighted by Crippen LogP contribution is 2.21. The SMILES string of the molecule is CC(c1ccc(F)c(F)c1)N(C)C(=O)CCn1nnc2ccccc2c1=O. The van der Waals surface area contributed by atoms with Crippen molar-refractivity contribution in [2.24, 2.45) is 0 Å². The highest BCUT2D eigenvalue weighted by molar-refractivity contribution is 5.77. The zero-order valence-electron chi connectivity index (χ0n) is 14.9. The number of rotatable bonds is 5. The van der Waals surface area contributed by atoms with Gasteiger partial charge >= 0.3 is 0 Å². The maximum Gasteiger partial charge on any atom is 0.277 e. The summed E-state index contributed by atoms with van der Waals surface area (Å²) >= 11 is 0. The van der Waals surface area contributed by atoms with Crippen molar-refractivity contribution in [2.45, 2.75) is 25.9 Å². The van der Waals surface area contributed by atoms with Gasteiger partial charge < -0.3 is 4.90 Å². The van der Waals surface area contributed by atoms with Gasteiger partial charge in [0.05, 0.1) is 18.0 Å². The van der Waals surface area contributed by atoms with Gasteiger partial charge in [0.25, 0.3) is 5.56 Å². The Balaban J connectivity index is 1.70. The lowest BCUT2D eigenvalue weighted by atomic mass is 10.1. The van der Waals surface area contributed by atoms with E-state index in [0.29, 0.717) is 16.5 Å². The first kappa shape index (κ1) is 18.6. The van der Waals surface area contributed by atoms with E-state index in [1.54, 1.807) is 38.2 Å². The van der Waals surface area contributed by atoms with Crippen molar-refractivity contribution in [2.75, 3.05) is 7.05 Å². The number of aromatic nitrogens is 3. The summed E-state index contributed by atoms with van der Waals surface area (Å²) in [5, 5.41) is 8.26. The van der Waals surface area contributed by atoms with Crippen molar-refractivity contribution in [3.05, 3.63) is 70.0 Å². The van der Waals surface area contributed by atoms with E-state index in [0.717, 1.165) is 16.8 Å². The zero-order valence-corrected chi connectivity index (χ0v) is 14.9. The van der Waals surface area contributed by atoms with Crippen molar-refractivity contribution >= 4 is 16.8 Å². The highest BCUT2D eigenvalue weighted by atomic mass is 19.2. The number of halogens is 2. The van der Waals surface area contributed by atoms with E-state index in [1.165, 1.54) is 11.0 Å². The first-order chi connectivity index (χ1) is 12.9. The third-order valence-electron chi connectivity index (χ3n) is 4.57. The maximum atomic E-state index is 13.4. The second kappa shape index (κ2) is 7.61. The lowest BCUT2D eigenvalue weighted by Crippen LogP contribution is -2.32. The number of benzene rings is 2. The molecule has 0 aliphatic heterocycles. The van der Waals surface area contributed by atoms with E-state index < -0.39 is 17.7 Å². The standard InChI is InChI=1S/C19H18F2N4O2/c1-12(13-7-8-15(20)16(21)11-13)24(2)18(26)9-10-25-19(27)14-5-3-4-6-17(14)22-23-25/h3-8,11-12H,9-10H2,1-2H3. The van der Waals surface area contributed by atoms with Crippen molar-refractivity contribution in [1.29, 1.82) is 0 Å². The first-order valence-corrected chi connectivity index (χ1v) is 8.41. The summed E-state index contributed by atoms with van der Waals surface area (Å²) in [7, 11) is 1.57. The van der Waals surface area contributed by atoms with Gasteiger partial charge in [-0.3, -0.25) is 9.59 Å². The summed E-state index contributed by atoms with van der Waals surface area (Å²) in [5.74, 6) is -2.15. The van der Waals surface area contributed by atoms with E-state index >= 15 is 0 Å². The van der Waals surface area contributed by atoms with Gasteiger partial charge in [-0.2, -0.15) is 0 Å². The smallest absolute Gasteiger partial charge is 0.277 e. The first-order valence-electron chi connectivity index (χ1n) is 8.41. The van der Waals surface area contributed by atoms with Crippen molar-refractivity contribution in [3.63, 3.8) is 0 Å². The number of fused-ring (bicyclic) bond motifs is 1. The minimum absolute atomic E-state index is 0.0252. The minimum Gasteiger partial charge on any atom is -0.339 e. The van der Waals surface area contributed by atoms with Gasteiger partial charge in [-0.15, -0.1) is 5.10 Å². The van der Waals surface area contributed by atoms with Crippen LogP contribution in [0.15, 0.2) is 47.3 Å². The highest BCUT2D eigenvalue weighted by Gasteiger charge is 2.19. The molecule has 1 heterocycles. The average molecular weight is 372 g/mol. The lowest BCUT2D eigenvalue weighted by Gasteiger charge is -2.25. The average Bonchev–Trinajstić information content (AvgIpc) is 2.68. The number of carbonyl (C=O) groups excluding carboxylic acids is 1. The van der Waals surface area contributed by atoms with Gasteiger partial charge in [0.1, 0.15) is 5.52 Å². The maximum absolute atomic E-state index is 13.4. The zero-order chi connectivity index (χ0) is 19.6. The van der Waals surface area contributed by atoms with Gasteiger partial charge in [-0.1, -0.05) is 23.4 Å². The van der Waals surface area contributed by atoms with E-state index in [2.05, 4.69) is 10.3 Å². The molecule has 0 saturated heterocycles. The fourth-order valence-electron chi connectivity index (χ4n) is 2.76. The van der Waals surface area contributed by atoms with Gasteiger partial charge in [-0.05, 0) is 36.8 Å². The molecule has 6 nitrogen and oxygen atoms in total. The largest absolute Gasteiger partial charge is 0.339 e. The van der Waals surface area contributed by atoms with Crippen molar-refractivity contribution in [3.8, 4) is 0 Å². The normalized spacial score (nSPS) is 12.1. The van der Waals surface area contributed by atoms with Gasteiger partial charge in [0.2, 0.25) is 5.91 Å². The van der Waals surface area contributed by atoms with Crippen LogP contribution in [0.3, 0.4) is 0 Å². The molecule has 3 rings (SSSR count). The van der Waals surface area contributed by atoms with Crippen LogP contribution < -0.4 is 5.56 Å². The molecule has 0 fully saturated rings. The number of carbonyl (C=O) groups is 1. The Morgan fingerprint density at radius 3 is 2.67 bits per heavy atom. The number of aryl methyl sites for hydroxylation is 1. The molecule has 0 aliphatic rings. The number of hydrogen-bond acceptors (Lipinski definition) is 4. The Bertz CT molecular complexity index is 1050. The second-order valence-corrected chi connectivity index (χ2v) is 6.24. The molecular formula is C19H18F2N4O2. The number of hydrogen-bond donors (Lipinski definition) is 0. The molecular weight excluding hydrogens is 354 g/mol. The van der Waals surface area contributed by atoms with Crippen LogP contribution in [0, 0.1) is 11.6 Å². The molecule has 1 unspecified atom stereocenters. The molecule has 0 aliphatic carbocycles. The summed E-state index contributed by atoms with van der Waals surface area (Å²) in [4.78, 5) is 26.3. The van der Waals surface area contributed by atoms with E-state index in [4.69, 9.17) is 0 Å². The summed E-state index contributed by atoms with van der Waals surface area (Å²) in [5.41, 5.74) is 0.659. The van der Waals surface area contributed by atoms with Crippen LogP contribution in [0.4, 0.5) is 8.78 Å². The molecule has 140 valence electrons. The summed E-state index contributed by atoms with van der Waals surface area (Å²) < 4.78 is 27.6. The van der Waals surface area contributed by atoms with Crippen LogP contribution >= 0.6 is 0 Å². The Labute approximate surface area is 154 Å². The molecule has 3 aromatic rings. The van der Waals surface area contributed by atoms with E-state index in [1.807, 2.05) is 0 Å². The van der Waals surface area contributed by atoms with Crippen LogP contribution in [0.1, 0.15) is 24.9 Å². The van der Waals surface area contributed by atoms with Crippen LogP contribution in [-0.2, 0) is 11.3 Å². The summed E-state index contributed by atoms with van der Waals surface area (Å²) in [6.45, 7) is 1.79. The third kappa shape index (κ3) is 3.84. The summed E-state index contributed by atoms with van der Waals surface area (Å²) in [6.07, 6.45) is 0.0252. The van der Waals surface area contributed by atoms with Crippen LogP contribution in [0.25, 0.3) is 10.9 Å². The van der Waals surface area contributed by atoms with E-state index in [9.17, 15) is 18.4 Å². The Hall–Kier alpha value is -3.16. The van der Waals surface area contributed by atoms with Crippen molar-refractivity contribution in [1.82, 2.24) is 19.9 Å². The lowest BCUT2D eigenvalue weighted by molar-refractivity contribution is -0.132. The molecule has 0 bridgehead atoms. The van der Waals surface area contributed by atoms with Gasteiger partial charge in [-0.25, -0.2) is 13.5 Å². The second-order valence-electron chi connectivity index (χ2n) is 6.24. The molecule has 0 spiro atoms. The molecule has 2 aromatic carbocycles. The predicted molar refractivity (Wildman–Crippen MR) is 96.0 cm³/mol. The van der Waals surface area contributed by atoms with Gasteiger partial charge in [0.15, 0.2) is 11.6 Å². The summed E-state index contributed by atoms with van der Waals surface area (Å²) in [6, 6.07) is 9.93. The van der Waals surface area contributed by atoms with Crippen LogP contribution in [-0.4, -0.2) is 32.8 Å². The monoisotopic (exact) mass is 372 g/mol. The molecule has 1 aromatic heterocycles. The van der Waals surface area contributed by atoms with Gasteiger partial charge in [0, 0.05) is 13.5 Å². The molecule has 0 N–H and O–H groups in total. The van der Waals surface area contributed by atoms with Crippen molar-refractivity contribution < 1.29 is 13.6 Å². The van der Waals surface area contributed by atoms with Crippen LogP contribution in [0.5, 0.6) is 0 Å². The van der Waals surface area contributed by atoms with Crippen LogP contribution in [0.2, 0.25) is 0 Å². The molecule has 1 amide bonds. The number of amides is 1. The topological polar surface area (TPSA) is 68.1 Å². The Morgan fingerprint density at radius 2 is 1.93 bits per heavy atom. The molecule has 27 heavy (non-hydrogen) atoms. The van der Waals surface area contributed by atoms with E-state index in [-0.39, 0.29) is 24.4 Å². The Morgan fingerprint density at radius 1 is 1.19 bits per heavy atom.